The van der Waals surface area contributed by atoms with E-state index in [9.17, 15) is 17.6 Å². The van der Waals surface area contributed by atoms with Crippen molar-refractivity contribution in [2.24, 2.45) is 0 Å². The lowest BCUT2D eigenvalue weighted by Crippen LogP contribution is -2.09. The van der Waals surface area contributed by atoms with Gasteiger partial charge >= 0.3 is 12.2 Å². The highest BCUT2D eigenvalue weighted by molar-refractivity contribution is 6.30. The molecule has 1 aromatic rings. The fourth-order valence-electron chi connectivity index (χ4n) is 0.736. The van der Waals surface area contributed by atoms with E-state index < -0.39 is 23.6 Å². The van der Waals surface area contributed by atoms with Crippen LogP contribution >= 0.6 is 11.6 Å². The Morgan fingerprint density at radius 1 is 1.40 bits per heavy atom. The van der Waals surface area contributed by atoms with E-state index in [4.69, 9.17) is 11.6 Å². The van der Waals surface area contributed by atoms with Crippen LogP contribution in [0, 0.1) is 0 Å². The Bertz CT molecular complexity index is 344. The molecule has 0 atom stereocenters. The maximum absolute atomic E-state index is 12.2. The first-order valence-electron chi connectivity index (χ1n) is 3.73. The summed E-state index contributed by atoms with van der Waals surface area (Å²) in [6.07, 6.45) is -4.13. The highest BCUT2D eigenvalue weighted by Gasteiger charge is 2.34. The summed E-state index contributed by atoms with van der Waals surface area (Å²) in [4.78, 5) is 6.46. The van der Waals surface area contributed by atoms with Gasteiger partial charge in [0.05, 0.1) is 0 Å². The minimum Gasteiger partial charge on any atom is -0.461 e. The number of hydrogen-bond acceptors (Lipinski definition) is 3. The number of hydrogen-bond donors (Lipinski definition) is 0. The smallest absolute Gasteiger partial charge is 0.420 e. The molecule has 0 unspecified atom stereocenters. The number of alkyl halides is 4. The number of aromatic nitrogens is 2. The van der Waals surface area contributed by atoms with Crippen molar-refractivity contribution in [1.82, 2.24) is 9.97 Å². The van der Waals surface area contributed by atoms with Crippen molar-refractivity contribution in [3.63, 3.8) is 0 Å². The summed E-state index contributed by atoms with van der Waals surface area (Å²) in [5.41, 5.74) is -1.16. The van der Waals surface area contributed by atoms with Gasteiger partial charge in [-0.2, -0.15) is 18.2 Å². The molecule has 0 amide bonds. The standard InChI is InChI=1S/C7H5ClF4N2O/c8-5-4(7(10,11)12)3-13-6(14-5)15-2-1-9/h3H,1-2H2. The number of nitrogens with zero attached hydrogens (tertiary/aromatic N) is 2. The summed E-state index contributed by atoms with van der Waals surface area (Å²) in [5, 5.41) is -0.772. The SMILES string of the molecule is FCCOc1ncc(C(F)(F)F)c(Cl)n1. The molecule has 1 rings (SSSR count). The van der Waals surface area contributed by atoms with E-state index in [0.29, 0.717) is 6.20 Å². The molecule has 3 nitrogen and oxygen atoms in total. The average Bonchev–Trinajstić information content (AvgIpc) is 2.12. The third kappa shape index (κ3) is 3.19. The molecule has 0 aliphatic carbocycles. The maximum Gasteiger partial charge on any atom is 0.420 e. The van der Waals surface area contributed by atoms with Crippen molar-refractivity contribution in [3.05, 3.63) is 16.9 Å². The molecule has 1 aromatic heterocycles. The van der Waals surface area contributed by atoms with Gasteiger partial charge in [-0.05, 0) is 0 Å². The van der Waals surface area contributed by atoms with Crippen molar-refractivity contribution in [3.8, 4) is 6.01 Å². The summed E-state index contributed by atoms with van der Waals surface area (Å²) < 4.78 is 52.7. The van der Waals surface area contributed by atoms with E-state index in [2.05, 4.69) is 14.7 Å². The quantitative estimate of drug-likeness (QED) is 0.605. The molecule has 0 radical (unpaired) electrons. The molecule has 0 aliphatic heterocycles. The highest BCUT2D eigenvalue weighted by atomic mass is 35.5. The first-order chi connectivity index (χ1) is 6.95. The lowest BCUT2D eigenvalue weighted by Gasteiger charge is -2.08. The number of ether oxygens (including phenoxy) is 1. The average molecular weight is 245 g/mol. The molecule has 1 heterocycles. The zero-order valence-corrected chi connectivity index (χ0v) is 7.94. The highest BCUT2D eigenvalue weighted by Crippen LogP contribution is 2.33. The van der Waals surface area contributed by atoms with Gasteiger partial charge in [0.2, 0.25) is 0 Å². The molecule has 15 heavy (non-hydrogen) atoms. The van der Waals surface area contributed by atoms with Crippen LogP contribution < -0.4 is 4.74 Å². The topological polar surface area (TPSA) is 35.0 Å². The fraction of sp³-hybridized carbons (Fsp3) is 0.429. The van der Waals surface area contributed by atoms with Crippen LogP contribution in [-0.4, -0.2) is 23.2 Å². The Labute approximate surface area is 87.0 Å². The fourth-order valence-corrected chi connectivity index (χ4v) is 0.964. The first-order valence-corrected chi connectivity index (χ1v) is 4.11. The van der Waals surface area contributed by atoms with Crippen LogP contribution in [0.3, 0.4) is 0 Å². The molecule has 0 aromatic carbocycles. The molecule has 0 saturated carbocycles. The Hall–Kier alpha value is -1.11. The molecular formula is C7H5ClF4N2O. The van der Waals surface area contributed by atoms with Crippen molar-refractivity contribution in [1.29, 1.82) is 0 Å². The molecule has 0 N–H and O–H groups in total. The third-order valence-electron chi connectivity index (χ3n) is 1.33. The van der Waals surface area contributed by atoms with Crippen LogP contribution in [0.25, 0.3) is 0 Å². The van der Waals surface area contributed by atoms with Crippen LogP contribution in [0.2, 0.25) is 5.15 Å². The van der Waals surface area contributed by atoms with Crippen molar-refractivity contribution in [2.75, 3.05) is 13.3 Å². The lowest BCUT2D eigenvalue weighted by atomic mass is 10.3. The zero-order valence-electron chi connectivity index (χ0n) is 7.18. The Morgan fingerprint density at radius 2 is 2.07 bits per heavy atom. The molecule has 0 bridgehead atoms. The van der Waals surface area contributed by atoms with Gasteiger partial charge < -0.3 is 4.74 Å². The zero-order chi connectivity index (χ0) is 11.5. The van der Waals surface area contributed by atoms with Gasteiger partial charge in [-0.1, -0.05) is 11.6 Å². The third-order valence-corrected chi connectivity index (χ3v) is 1.62. The summed E-state index contributed by atoms with van der Waals surface area (Å²) in [6, 6.07) is -0.384. The van der Waals surface area contributed by atoms with Gasteiger partial charge in [0.1, 0.15) is 24.0 Å². The van der Waals surface area contributed by atoms with Gasteiger partial charge in [0, 0.05) is 6.20 Å². The van der Waals surface area contributed by atoms with Gasteiger partial charge in [-0.15, -0.1) is 0 Å². The van der Waals surface area contributed by atoms with Crippen LogP contribution in [0.5, 0.6) is 6.01 Å². The van der Waals surface area contributed by atoms with Gasteiger partial charge in [0.15, 0.2) is 0 Å². The predicted octanol–water partition coefficient (Wildman–Crippen LogP) is 2.50. The van der Waals surface area contributed by atoms with Crippen LogP contribution in [0.15, 0.2) is 6.20 Å². The number of rotatable bonds is 3. The van der Waals surface area contributed by atoms with E-state index in [1.807, 2.05) is 0 Å². The minimum absolute atomic E-state index is 0.332. The van der Waals surface area contributed by atoms with E-state index in [1.54, 1.807) is 0 Å². The van der Waals surface area contributed by atoms with Gasteiger partial charge in [-0.25, -0.2) is 9.37 Å². The predicted molar refractivity (Wildman–Crippen MR) is 43.5 cm³/mol. The Balaban J connectivity index is 2.89. The molecule has 0 fully saturated rings. The Kier molecular flexibility index (Phi) is 3.67. The van der Waals surface area contributed by atoms with Gasteiger partial charge in [-0.3, -0.25) is 0 Å². The molecule has 0 aliphatic rings. The Morgan fingerprint density at radius 3 is 2.53 bits per heavy atom. The summed E-state index contributed by atoms with van der Waals surface area (Å²) >= 11 is 5.25. The number of halogens is 5. The summed E-state index contributed by atoms with van der Waals surface area (Å²) in [6.45, 7) is -1.12. The molecular weight excluding hydrogens is 240 g/mol. The van der Waals surface area contributed by atoms with E-state index >= 15 is 0 Å². The molecule has 0 spiro atoms. The second kappa shape index (κ2) is 4.61. The minimum atomic E-state index is -4.62. The van der Waals surface area contributed by atoms with Crippen LogP contribution in [0.4, 0.5) is 17.6 Å². The van der Waals surface area contributed by atoms with Crippen molar-refractivity contribution < 1.29 is 22.3 Å². The second-order valence-electron chi connectivity index (χ2n) is 2.39. The van der Waals surface area contributed by atoms with Gasteiger partial charge in [0.25, 0.3) is 0 Å². The largest absolute Gasteiger partial charge is 0.461 e. The molecule has 0 saturated heterocycles. The monoisotopic (exact) mass is 244 g/mol. The summed E-state index contributed by atoms with van der Waals surface area (Å²) in [5.74, 6) is 0. The van der Waals surface area contributed by atoms with Crippen LogP contribution in [0.1, 0.15) is 5.56 Å². The second-order valence-corrected chi connectivity index (χ2v) is 2.75. The first kappa shape index (κ1) is 12.0. The van der Waals surface area contributed by atoms with Crippen molar-refractivity contribution >= 4 is 11.6 Å². The van der Waals surface area contributed by atoms with E-state index in [-0.39, 0.29) is 12.6 Å². The van der Waals surface area contributed by atoms with E-state index in [1.165, 1.54) is 0 Å². The normalized spacial score (nSPS) is 11.5. The lowest BCUT2D eigenvalue weighted by molar-refractivity contribution is -0.138. The maximum atomic E-state index is 12.2. The molecule has 8 heteroatoms. The van der Waals surface area contributed by atoms with Crippen molar-refractivity contribution in [2.45, 2.75) is 6.18 Å². The summed E-state index contributed by atoms with van der Waals surface area (Å²) in [7, 11) is 0. The molecule has 84 valence electrons. The van der Waals surface area contributed by atoms with Crippen LogP contribution in [-0.2, 0) is 6.18 Å². The van der Waals surface area contributed by atoms with E-state index in [0.717, 1.165) is 0 Å².